The third-order valence-electron chi connectivity index (χ3n) is 4.75. The second kappa shape index (κ2) is 4.52. The minimum Gasteiger partial charge on any atom is -0.508 e. The molecule has 0 atom stereocenters. The van der Waals surface area contributed by atoms with Crippen LogP contribution in [0.1, 0.15) is 22.3 Å². The summed E-state index contributed by atoms with van der Waals surface area (Å²) in [4.78, 5) is 0. The van der Waals surface area contributed by atoms with Crippen molar-refractivity contribution >= 4 is 0 Å². The van der Waals surface area contributed by atoms with Gasteiger partial charge in [0.2, 0.25) is 0 Å². The third kappa shape index (κ3) is 1.61. The number of phenols is 2. The zero-order valence-corrected chi connectivity index (χ0v) is 12.7. The number of benzene rings is 3. The maximum absolute atomic E-state index is 9.85. The second-order valence-corrected chi connectivity index (χ2v) is 6.09. The summed E-state index contributed by atoms with van der Waals surface area (Å²) >= 11 is 0. The van der Waals surface area contributed by atoms with Crippen LogP contribution in [0.4, 0.5) is 0 Å². The second-order valence-electron chi connectivity index (χ2n) is 6.09. The van der Waals surface area contributed by atoms with Gasteiger partial charge in [-0.1, -0.05) is 24.3 Å². The minimum absolute atomic E-state index is 0.124. The molecule has 2 aliphatic rings. The maximum atomic E-state index is 9.85. The van der Waals surface area contributed by atoms with E-state index in [0.29, 0.717) is 18.1 Å². The molecule has 1 spiro atoms. The average Bonchev–Trinajstić information content (AvgIpc) is 2.95. The van der Waals surface area contributed by atoms with Crippen molar-refractivity contribution in [3.63, 3.8) is 0 Å². The molecule has 4 heteroatoms. The number of fused-ring (bicyclic) bond motifs is 6. The molecule has 3 aromatic carbocycles. The van der Waals surface area contributed by atoms with E-state index in [1.165, 1.54) is 0 Å². The molecule has 0 unspecified atom stereocenters. The van der Waals surface area contributed by atoms with E-state index in [4.69, 9.17) is 9.47 Å². The van der Waals surface area contributed by atoms with Gasteiger partial charge in [-0.25, -0.2) is 0 Å². The summed E-state index contributed by atoms with van der Waals surface area (Å²) in [5, 5.41) is 19.7. The highest BCUT2D eigenvalue weighted by atomic mass is 16.5. The molecule has 118 valence electrons. The summed E-state index contributed by atoms with van der Waals surface area (Å²) in [5.74, 6) is 1.31. The molecule has 0 radical (unpaired) electrons. The molecule has 0 aromatic heterocycles. The lowest BCUT2D eigenvalue weighted by Gasteiger charge is -2.37. The summed E-state index contributed by atoms with van der Waals surface area (Å²) in [6.07, 6.45) is 0. The van der Waals surface area contributed by atoms with Gasteiger partial charge in [0.25, 0.3) is 0 Å². The lowest BCUT2D eigenvalue weighted by atomic mass is 9.77. The van der Waals surface area contributed by atoms with Crippen LogP contribution >= 0.6 is 0 Å². The molecule has 0 aliphatic carbocycles. The number of hydrogen-bond donors (Lipinski definition) is 2. The van der Waals surface area contributed by atoms with Gasteiger partial charge < -0.3 is 19.7 Å². The molecule has 0 bridgehead atoms. The monoisotopic (exact) mass is 318 g/mol. The normalized spacial score (nSPS) is 16.2. The summed E-state index contributed by atoms with van der Waals surface area (Å²) in [7, 11) is 0. The van der Waals surface area contributed by atoms with E-state index < -0.39 is 5.60 Å². The molecule has 4 nitrogen and oxygen atoms in total. The standard InChI is InChI=1S/C20H14O4/c21-13-5-7-16-18(9-13)24-19-10-14(22)6-8-17(19)20(16)15-4-2-1-3-12(15)11-23-20/h1-10,21-22H,11H2. The van der Waals surface area contributed by atoms with Gasteiger partial charge in [-0.05, 0) is 35.4 Å². The van der Waals surface area contributed by atoms with Crippen molar-refractivity contribution in [2.75, 3.05) is 0 Å². The highest BCUT2D eigenvalue weighted by Gasteiger charge is 2.49. The summed E-state index contributed by atoms with van der Waals surface area (Å²) in [5.41, 5.74) is 3.09. The largest absolute Gasteiger partial charge is 0.508 e. The van der Waals surface area contributed by atoms with Crippen molar-refractivity contribution in [1.82, 2.24) is 0 Å². The van der Waals surface area contributed by atoms with E-state index in [1.807, 2.05) is 24.3 Å². The first-order chi connectivity index (χ1) is 11.7. The fraction of sp³-hybridized carbons (Fsp3) is 0.100. The predicted molar refractivity (Wildman–Crippen MR) is 87.4 cm³/mol. The predicted octanol–water partition coefficient (Wildman–Crippen LogP) is 4.03. The number of ether oxygens (including phenoxy) is 2. The minimum atomic E-state index is -0.791. The first-order valence-corrected chi connectivity index (χ1v) is 7.76. The number of phenolic OH excluding ortho intramolecular Hbond substituents is 2. The van der Waals surface area contributed by atoms with E-state index in [2.05, 4.69) is 12.1 Å². The van der Waals surface area contributed by atoms with Crippen molar-refractivity contribution in [2.45, 2.75) is 12.2 Å². The molecular weight excluding hydrogens is 304 g/mol. The number of hydrogen-bond acceptors (Lipinski definition) is 4. The lowest BCUT2D eigenvalue weighted by molar-refractivity contribution is 0.0198. The molecule has 2 N–H and O–H groups in total. The van der Waals surface area contributed by atoms with E-state index in [0.717, 1.165) is 22.3 Å². The van der Waals surface area contributed by atoms with Gasteiger partial charge in [0.15, 0.2) is 5.60 Å². The zero-order valence-electron chi connectivity index (χ0n) is 12.7. The van der Waals surface area contributed by atoms with Gasteiger partial charge in [0.05, 0.1) is 6.61 Å². The van der Waals surface area contributed by atoms with Crippen LogP contribution in [0, 0.1) is 0 Å². The van der Waals surface area contributed by atoms with Gasteiger partial charge in [0, 0.05) is 23.3 Å². The Balaban J connectivity index is 1.88. The molecule has 2 aliphatic heterocycles. The molecular formula is C20H14O4. The van der Waals surface area contributed by atoms with Crippen LogP contribution in [0.15, 0.2) is 60.7 Å². The first-order valence-electron chi connectivity index (χ1n) is 7.76. The highest BCUT2D eigenvalue weighted by molar-refractivity contribution is 5.65. The van der Waals surface area contributed by atoms with E-state index >= 15 is 0 Å². The smallest absolute Gasteiger partial charge is 0.151 e. The summed E-state index contributed by atoms with van der Waals surface area (Å²) in [6, 6.07) is 18.2. The van der Waals surface area contributed by atoms with Gasteiger partial charge in [-0.3, -0.25) is 0 Å². The zero-order chi connectivity index (χ0) is 16.3. The quantitative estimate of drug-likeness (QED) is 0.657. The summed E-state index contributed by atoms with van der Waals surface area (Å²) in [6.45, 7) is 0.497. The fourth-order valence-corrected chi connectivity index (χ4v) is 3.74. The Morgan fingerprint density at radius 3 is 2.04 bits per heavy atom. The van der Waals surface area contributed by atoms with Crippen LogP contribution in [0.25, 0.3) is 0 Å². The van der Waals surface area contributed by atoms with Gasteiger partial charge in [-0.2, -0.15) is 0 Å². The Hall–Kier alpha value is -2.98. The van der Waals surface area contributed by atoms with Crippen LogP contribution < -0.4 is 4.74 Å². The fourth-order valence-electron chi connectivity index (χ4n) is 3.74. The highest BCUT2D eigenvalue weighted by Crippen LogP contribution is 2.56. The lowest BCUT2D eigenvalue weighted by Crippen LogP contribution is -2.32. The van der Waals surface area contributed by atoms with Crippen molar-refractivity contribution < 1.29 is 19.7 Å². The number of aromatic hydroxyl groups is 2. The van der Waals surface area contributed by atoms with Crippen LogP contribution in [-0.2, 0) is 16.9 Å². The third-order valence-corrected chi connectivity index (χ3v) is 4.75. The molecule has 24 heavy (non-hydrogen) atoms. The van der Waals surface area contributed by atoms with E-state index in [-0.39, 0.29) is 11.5 Å². The molecule has 0 saturated heterocycles. The Morgan fingerprint density at radius 2 is 1.38 bits per heavy atom. The molecule has 2 heterocycles. The molecule has 0 amide bonds. The molecule has 3 aromatic rings. The Labute approximate surface area is 138 Å². The van der Waals surface area contributed by atoms with Crippen molar-refractivity contribution in [3.05, 3.63) is 82.9 Å². The number of rotatable bonds is 0. The summed E-state index contributed by atoms with van der Waals surface area (Å²) < 4.78 is 12.3. The van der Waals surface area contributed by atoms with Crippen LogP contribution in [0.3, 0.4) is 0 Å². The average molecular weight is 318 g/mol. The van der Waals surface area contributed by atoms with Crippen molar-refractivity contribution in [2.24, 2.45) is 0 Å². The Kier molecular flexibility index (Phi) is 2.54. The molecule has 0 saturated carbocycles. The van der Waals surface area contributed by atoms with Crippen molar-refractivity contribution in [3.8, 4) is 23.0 Å². The maximum Gasteiger partial charge on any atom is 0.151 e. The van der Waals surface area contributed by atoms with Gasteiger partial charge in [0.1, 0.15) is 23.0 Å². The SMILES string of the molecule is Oc1ccc2c(c1)Oc1cc(O)ccc1C21OCc2ccccc21. The van der Waals surface area contributed by atoms with Crippen LogP contribution in [0.5, 0.6) is 23.0 Å². The van der Waals surface area contributed by atoms with Gasteiger partial charge in [-0.15, -0.1) is 0 Å². The van der Waals surface area contributed by atoms with Gasteiger partial charge >= 0.3 is 0 Å². The van der Waals surface area contributed by atoms with Crippen LogP contribution in [-0.4, -0.2) is 10.2 Å². The Bertz CT molecular complexity index is 926. The van der Waals surface area contributed by atoms with Crippen LogP contribution in [0.2, 0.25) is 0 Å². The topological polar surface area (TPSA) is 58.9 Å². The van der Waals surface area contributed by atoms with E-state index in [1.54, 1.807) is 24.3 Å². The van der Waals surface area contributed by atoms with E-state index in [9.17, 15) is 10.2 Å². The Morgan fingerprint density at radius 1 is 0.750 bits per heavy atom. The molecule has 0 fully saturated rings. The molecule has 5 rings (SSSR count). The first kappa shape index (κ1) is 13.5. The van der Waals surface area contributed by atoms with Crippen molar-refractivity contribution in [1.29, 1.82) is 0 Å².